The lowest BCUT2D eigenvalue weighted by Crippen LogP contribution is -1.92. The van der Waals surface area contributed by atoms with Gasteiger partial charge in [0.15, 0.2) is 3.01 Å². The lowest BCUT2D eigenvalue weighted by atomic mass is 10.1. The molecule has 0 aliphatic heterocycles. The van der Waals surface area contributed by atoms with Crippen LogP contribution in [-0.2, 0) is 6.42 Å². The topological polar surface area (TPSA) is 35.0 Å². The van der Waals surface area contributed by atoms with Crippen LogP contribution in [-0.4, -0.2) is 17.3 Å². The van der Waals surface area contributed by atoms with Gasteiger partial charge < -0.3 is 4.74 Å². The number of hydrogen-bond donors (Lipinski definition) is 0. The van der Waals surface area contributed by atoms with E-state index >= 15 is 0 Å². The van der Waals surface area contributed by atoms with Crippen molar-refractivity contribution in [3.05, 3.63) is 37.9 Å². The van der Waals surface area contributed by atoms with Gasteiger partial charge in [0.25, 0.3) is 0 Å². The summed E-state index contributed by atoms with van der Waals surface area (Å²) >= 11 is 3.79. The molecule has 0 unspecified atom stereocenters. The van der Waals surface area contributed by atoms with E-state index in [4.69, 9.17) is 4.74 Å². The molecular weight excluding hydrogens is 323 g/mol. The monoisotopic (exact) mass is 332 g/mol. The average molecular weight is 332 g/mol. The summed E-state index contributed by atoms with van der Waals surface area (Å²) in [6.45, 7) is 0. The number of halogens is 1. The van der Waals surface area contributed by atoms with Gasteiger partial charge in [0, 0.05) is 12.0 Å². The summed E-state index contributed by atoms with van der Waals surface area (Å²) in [5.74, 6) is 0.905. The van der Waals surface area contributed by atoms with Gasteiger partial charge in [-0.25, -0.2) is 0 Å². The van der Waals surface area contributed by atoms with Crippen LogP contribution in [0.5, 0.6) is 5.75 Å². The number of ether oxygens (including phenoxy) is 1. The maximum atomic E-state index is 5.28. The highest BCUT2D eigenvalue weighted by atomic mass is 127. The molecule has 0 amide bonds. The summed E-state index contributed by atoms with van der Waals surface area (Å²) < 4.78 is 6.25. The van der Waals surface area contributed by atoms with Crippen molar-refractivity contribution in [3.8, 4) is 5.75 Å². The van der Waals surface area contributed by atoms with Crippen molar-refractivity contribution in [1.82, 2.24) is 10.2 Å². The van der Waals surface area contributed by atoms with E-state index in [0.717, 1.165) is 25.8 Å². The van der Waals surface area contributed by atoms with E-state index in [1.807, 2.05) is 24.3 Å². The van der Waals surface area contributed by atoms with E-state index in [2.05, 4.69) is 32.8 Å². The van der Waals surface area contributed by atoms with E-state index in [1.54, 1.807) is 18.4 Å². The van der Waals surface area contributed by atoms with E-state index in [9.17, 15) is 0 Å². The molecule has 0 radical (unpaired) electrons. The number of benzene rings is 1. The van der Waals surface area contributed by atoms with Crippen LogP contribution in [0.3, 0.4) is 0 Å². The Morgan fingerprint density at radius 1 is 1.33 bits per heavy atom. The summed E-state index contributed by atoms with van der Waals surface area (Å²) in [7, 11) is 1.68. The fourth-order valence-electron chi connectivity index (χ4n) is 1.32. The molecule has 1 aromatic heterocycles. The minimum atomic E-state index is 0.782. The molecule has 78 valence electrons. The first kappa shape index (κ1) is 10.8. The lowest BCUT2D eigenvalue weighted by Gasteiger charge is -2.05. The second-order valence-corrected chi connectivity index (χ2v) is 5.75. The molecule has 0 saturated heterocycles. The summed E-state index contributed by atoms with van der Waals surface area (Å²) in [6.07, 6.45) is 0.782. The van der Waals surface area contributed by atoms with E-state index in [0.29, 0.717) is 0 Å². The highest BCUT2D eigenvalue weighted by molar-refractivity contribution is 14.1. The fraction of sp³-hybridized carbons (Fsp3) is 0.200. The summed E-state index contributed by atoms with van der Waals surface area (Å²) in [4.78, 5) is 0. The van der Waals surface area contributed by atoms with Crippen LogP contribution < -0.4 is 4.74 Å². The van der Waals surface area contributed by atoms with Crippen LogP contribution in [0.15, 0.2) is 24.3 Å². The van der Waals surface area contributed by atoms with Gasteiger partial charge in [-0.15, -0.1) is 10.2 Å². The predicted octanol–water partition coefficient (Wildman–Crippen LogP) is 2.74. The molecule has 5 heteroatoms. The van der Waals surface area contributed by atoms with Gasteiger partial charge in [-0.1, -0.05) is 29.5 Å². The third kappa shape index (κ3) is 2.66. The van der Waals surface area contributed by atoms with Crippen LogP contribution in [0.1, 0.15) is 10.6 Å². The molecule has 0 bridgehead atoms. The zero-order valence-electron chi connectivity index (χ0n) is 8.11. The zero-order valence-corrected chi connectivity index (χ0v) is 11.1. The minimum Gasteiger partial charge on any atom is -0.496 e. The van der Waals surface area contributed by atoms with Gasteiger partial charge in [0.2, 0.25) is 0 Å². The van der Waals surface area contributed by atoms with Gasteiger partial charge in [-0.3, -0.25) is 0 Å². The molecule has 0 saturated carbocycles. The molecule has 1 heterocycles. The molecule has 0 N–H and O–H groups in total. The van der Waals surface area contributed by atoms with Crippen molar-refractivity contribution in [3.63, 3.8) is 0 Å². The van der Waals surface area contributed by atoms with Crippen LogP contribution in [0.2, 0.25) is 0 Å². The minimum absolute atomic E-state index is 0.782. The van der Waals surface area contributed by atoms with Crippen LogP contribution >= 0.6 is 33.9 Å². The Morgan fingerprint density at radius 2 is 2.13 bits per heavy atom. The summed E-state index contributed by atoms with van der Waals surface area (Å²) in [6, 6.07) is 7.98. The van der Waals surface area contributed by atoms with Gasteiger partial charge in [0.1, 0.15) is 10.8 Å². The Balaban J connectivity index is 2.23. The molecule has 0 spiro atoms. The zero-order chi connectivity index (χ0) is 10.7. The lowest BCUT2D eigenvalue weighted by molar-refractivity contribution is 0.410. The molecule has 3 nitrogen and oxygen atoms in total. The Bertz CT molecular complexity index is 458. The fourth-order valence-corrected chi connectivity index (χ4v) is 2.77. The molecule has 1 aromatic carbocycles. The molecule has 15 heavy (non-hydrogen) atoms. The average Bonchev–Trinajstić information content (AvgIpc) is 2.65. The number of aromatic nitrogens is 2. The standard InChI is InChI=1S/C10H9IN2OS/c1-14-8-5-3-2-4-7(8)6-9-12-13-10(11)15-9/h2-5H,6H2,1H3. The number of methoxy groups -OCH3 is 1. The van der Waals surface area contributed by atoms with E-state index < -0.39 is 0 Å². The second-order valence-electron chi connectivity index (χ2n) is 2.94. The molecule has 0 atom stereocenters. The normalized spacial score (nSPS) is 10.3. The summed E-state index contributed by atoms with van der Waals surface area (Å²) in [5.41, 5.74) is 1.15. The van der Waals surface area contributed by atoms with Gasteiger partial charge in [-0.2, -0.15) is 0 Å². The van der Waals surface area contributed by atoms with Crippen LogP contribution in [0.4, 0.5) is 0 Å². The molecule has 0 fully saturated rings. The Hall–Kier alpha value is -0.690. The number of rotatable bonds is 3. The Labute approximate surface area is 106 Å². The highest BCUT2D eigenvalue weighted by Gasteiger charge is 2.06. The number of nitrogens with zero attached hydrogens (tertiary/aromatic N) is 2. The van der Waals surface area contributed by atoms with E-state index in [1.165, 1.54) is 0 Å². The van der Waals surface area contributed by atoms with Crippen LogP contribution in [0, 0.1) is 3.01 Å². The number of hydrogen-bond acceptors (Lipinski definition) is 4. The first-order valence-corrected chi connectivity index (χ1v) is 6.29. The van der Waals surface area contributed by atoms with Gasteiger partial charge in [-0.05, 0) is 28.7 Å². The van der Waals surface area contributed by atoms with Crippen molar-refractivity contribution in [2.24, 2.45) is 0 Å². The first-order valence-electron chi connectivity index (χ1n) is 4.39. The second kappa shape index (κ2) is 4.89. The summed E-state index contributed by atoms with van der Waals surface area (Å²) in [5, 5.41) is 9.09. The van der Waals surface area contributed by atoms with Crippen LogP contribution in [0.25, 0.3) is 0 Å². The van der Waals surface area contributed by atoms with Gasteiger partial charge in [0.05, 0.1) is 7.11 Å². The van der Waals surface area contributed by atoms with Crippen molar-refractivity contribution >= 4 is 33.9 Å². The SMILES string of the molecule is COc1ccccc1Cc1nnc(I)s1. The smallest absolute Gasteiger partial charge is 0.178 e. The largest absolute Gasteiger partial charge is 0.496 e. The maximum absolute atomic E-state index is 5.28. The molecule has 0 aliphatic rings. The molecule has 0 aliphatic carbocycles. The van der Waals surface area contributed by atoms with Crippen molar-refractivity contribution in [1.29, 1.82) is 0 Å². The Kier molecular flexibility index (Phi) is 3.53. The van der Waals surface area contributed by atoms with Crippen molar-refractivity contribution < 1.29 is 4.74 Å². The van der Waals surface area contributed by atoms with Crippen molar-refractivity contribution in [2.75, 3.05) is 7.11 Å². The third-order valence-corrected chi connectivity index (χ3v) is 3.56. The Morgan fingerprint density at radius 3 is 2.80 bits per heavy atom. The molecular formula is C10H9IN2OS. The first-order chi connectivity index (χ1) is 7.29. The maximum Gasteiger partial charge on any atom is 0.178 e. The number of para-hydroxylation sites is 1. The van der Waals surface area contributed by atoms with E-state index in [-0.39, 0.29) is 0 Å². The third-order valence-electron chi connectivity index (χ3n) is 1.98. The van der Waals surface area contributed by atoms with Crippen molar-refractivity contribution in [2.45, 2.75) is 6.42 Å². The molecule has 2 rings (SSSR count). The van der Waals surface area contributed by atoms with Gasteiger partial charge >= 0.3 is 0 Å². The predicted molar refractivity (Wildman–Crippen MR) is 68.4 cm³/mol. The quantitative estimate of drug-likeness (QED) is 0.811. The molecule has 2 aromatic rings. The highest BCUT2D eigenvalue weighted by Crippen LogP contribution is 2.22.